The smallest absolute Gasteiger partial charge is 0.391 e. The summed E-state index contributed by atoms with van der Waals surface area (Å²) in [7, 11) is 0. The minimum Gasteiger partial charge on any atom is -0.507 e. The molecular formula is C15H18F3NO. The van der Waals surface area contributed by atoms with E-state index in [4.69, 9.17) is 0 Å². The molecular weight excluding hydrogens is 267 g/mol. The molecule has 1 saturated carbocycles. The maximum atomic E-state index is 12.7. The van der Waals surface area contributed by atoms with Gasteiger partial charge in [-0.25, -0.2) is 0 Å². The standard InChI is InChI=1S/C15H18F3NO/c1-10-4-2-5-11(14(10)20)9-19-13-7-3-6-12(8-13)15(16,17)18/h2,4-5,9,12-13,20H,3,6-8H2,1H3. The van der Waals surface area contributed by atoms with Crippen molar-refractivity contribution in [2.75, 3.05) is 0 Å². The monoisotopic (exact) mass is 285 g/mol. The van der Waals surface area contributed by atoms with Crippen LogP contribution in [0.5, 0.6) is 5.75 Å². The van der Waals surface area contributed by atoms with Crippen molar-refractivity contribution in [2.24, 2.45) is 10.9 Å². The molecule has 5 heteroatoms. The molecule has 2 nitrogen and oxygen atoms in total. The van der Waals surface area contributed by atoms with Crippen molar-refractivity contribution in [1.82, 2.24) is 0 Å². The van der Waals surface area contributed by atoms with E-state index in [2.05, 4.69) is 4.99 Å². The molecule has 0 aliphatic heterocycles. The molecule has 0 amide bonds. The Morgan fingerprint density at radius 2 is 2.05 bits per heavy atom. The number of hydrogen-bond acceptors (Lipinski definition) is 2. The lowest BCUT2D eigenvalue weighted by molar-refractivity contribution is -0.182. The summed E-state index contributed by atoms with van der Waals surface area (Å²) in [6.45, 7) is 1.77. The van der Waals surface area contributed by atoms with Crippen molar-refractivity contribution in [3.8, 4) is 5.75 Å². The topological polar surface area (TPSA) is 32.6 Å². The van der Waals surface area contributed by atoms with Crippen molar-refractivity contribution in [3.05, 3.63) is 29.3 Å². The third kappa shape index (κ3) is 3.52. The molecule has 0 radical (unpaired) electrons. The molecule has 1 aromatic carbocycles. The van der Waals surface area contributed by atoms with Gasteiger partial charge in [0.15, 0.2) is 0 Å². The summed E-state index contributed by atoms with van der Waals surface area (Å²) in [5, 5.41) is 9.84. The summed E-state index contributed by atoms with van der Waals surface area (Å²) >= 11 is 0. The van der Waals surface area contributed by atoms with Crippen molar-refractivity contribution in [3.63, 3.8) is 0 Å². The highest BCUT2D eigenvalue weighted by Gasteiger charge is 2.41. The molecule has 110 valence electrons. The first kappa shape index (κ1) is 14.9. The van der Waals surface area contributed by atoms with Crippen molar-refractivity contribution in [2.45, 2.75) is 44.8 Å². The van der Waals surface area contributed by atoms with Crippen molar-refractivity contribution in [1.29, 1.82) is 0 Å². The molecule has 0 spiro atoms. The van der Waals surface area contributed by atoms with Crippen LogP contribution in [0.25, 0.3) is 0 Å². The van der Waals surface area contributed by atoms with Crippen LogP contribution < -0.4 is 0 Å². The van der Waals surface area contributed by atoms with Gasteiger partial charge in [-0.3, -0.25) is 4.99 Å². The molecule has 1 aromatic rings. The number of phenols is 1. The normalized spacial score (nSPS) is 24.2. The van der Waals surface area contributed by atoms with E-state index in [1.165, 1.54) is 6.21 Å². The van der Waals surface area contributed by atoms with E-state index < -0.39 is 12.1 Å². The Morgan fingerprint density at radius 1 is 1.30 bits per heavy atom. The quantitative estimate of drug-likeness (QED) is 0.810. The first-order chi connectivity index (χ1) is 9.38. The number of alkyl halides is 3. The molecule has 1 aliphatic rings. The molecule has 0 aromatic heterocycles. The molecule has 2 atom stereocenters. The predicted molar refractivity (Wildman–Crippen MR) is 72.2 cm³/mol. The fourth-order valence-corrected chi connectivity index (χ4v) is 2.57. The fraction of sp³-hybridized carbons (Fsp3) is 0.533. The van der Waals surface area contributed by atoms with E-state index >= 15 is 0 Å². The number of hydrogen-bond donors (Lipinski definition) is 1. The number of para-hydroxylation sites is 1. The fourth-order valence-electron chi connectivity index (χ4n) is 2.57. The second-order valence-corrected chi connectivity index (χ2v) is 5.35. The zero-order chi connectivity index (χ0) is 14.8. The molecule has 1 aliphatic carbocycles. The number of aromatic hydroxyl groups is 1. The average molecular weight is 285 g/mol. The second kappa shape index (κ2) is 5.85. The predicted octanol–water partition coefficient (Wildman–Crippen LogP) is 4.24. The number of phenolic OH excluding ortho intramolecular Hbond substituents is 1. The average Bonchev–Trinajstić information content (AvgIpc) is 2.40. The number of rotatable bonds is 2. The Kier molecular flexibility index (Phi) is 4.35. The summed E-state index contributed by atoms with van der Waals surface area (Å²) < 4.78 is 38.1. The number of halogens is 3. The van der Waals surface area contributed by atoms with E-state index in [1.54, 1.807) is 25.1 Å². The van der Waals surface area contributed by atoms with Gasteiger partial charge < -0.3 is 5.11 Å². The van der Waals surface area contributed by atoms with Crippen LogP contribution >= 0.6 is 0 Å². The van der Waals surface area contributed by atoms with Gasteiger partial charge in [-0.05, 0) is 37.8 Å². The van der Waals surface area contributed by atoms with Gasteiger partial charge in [-0.1, -0.05) is 18.6 Å². The van der Waals surface area contributed by atoms with Gasteiger partial charge in [0, 0.05) is 11.8 Å². The van der Waals surface area contributed by atoms with E-state index in [-0.39, 0.29) is 24.6 Å². The zero-order valence-electron chi connectivity index (χ0n) is 11.3. The number of nitrogens with zero attached hydrogens (tertiary/aromatic N) is 1. The van der Waals surface area contributed by atoms with Crippen LogP contribution in [0.2, 0.25) is 0 Å². The van der Waals surface area contributed by atoms with Gasteiger partial charge in [-0.15, -0.1) is 0 Å². The molecule has 0 saturated heterocycles. The highest BCUT2D eigenvalue weighted by Crippen LogP contribution is 2.38. The number of benzene rings is 1. The second-order valence-electron chi connectivity index (χ2n) is 5.35. The largest absolute Gasteiger partial charge is 0.507 e. The Balaban J connectivity index is 2.06. The van der Waals surface area contributed by atoms with Gasteiger partial charge in [0.2, 0.25) is 0 Å². The molecule has 2 unspecified atom stereocenters. The Bertz CT molecular complexity index is 496. The Morgan fingerprint density at radius 3 is 2.75 bits per heavy atom. The maximum Gasteiger partial charge on any atom is 0.391 e. The Hall–Kier alpha value is -1.52. The van der Waals surface area contributed by atoms with Crippen LogP contribution in [-0.4, -0.2) is 23.5 Å². The molecule has 0 bridgehead atoms. The first-order valence-electron chi connectivity index (χ1n) is 6.76. The van der Waals surface area contributed by atoms with E-state index in [0.717, 1.165) is 5.56 Å². The molecule has 1 fully saturated rings. The van der Waals surface area contributed by atoms with Crippen LogP contribution in [0.1, 0.15) is 36.8 Å². The number of aryl methyl sites for hydroxylation is 1. The summed E-state index contributed by atoms with van der Waals surface area (Å²) in [6.07, 6.45) is -1.16. The van der Waals surface area contributed by atoms with Crippen LogP contribution in [0.4, 0.5) is 13.2 Å². The summed E-state index contributed by atoms with van der Waals surface area (Å²) in [4.78, 5) is 4.23. The minimum absolute atomic E-state index is 0.0482. The maximum absolute atomic E-state index is 12.7. The lowest BCUT2D eigenvalue weighted by Gasteiger charge is -2.28. The van der Waals surface area contributed by atoms with Crippen LogP contribution in [-0.2, 0) is 0 Å². The first-order valence-corrected chi connectivity index (χ1v) is 6.76. The SMILES string of the molecule is Cc1cccc(C=NC2CCCC(C(F)(F)F)C2)c1O. The molecule has 20 heavy (non-hydrogen) atoms. The third-order valence-electron chi connectivity index (χ3n) is 3.80. The van der Waals surface area contributed by atoms with Crippen LogP contribution in [0.3, 0.4) is 0 Å². The summed E-state index contributed by atoms with van der Waals surface area (Å²) in [5.74, 6) is -1.11. The lowest BCUT2D eigenvalue weighted by atomic mass is 9.85. The van der Waals surface area contributed by atoms with Crippen molar-refractivity contribution >= 4 is 6.21 Å². The van der Waals surface area contributed by atoms with Crippen molar-refractivity contribution < 1.29 is 18.3 Å². The Labute approximate surface area is 116 Å². The highest BCUT2D eigenvalue weighted by atomic mass is 19.4. The van der Waals surface area contributed by atoms with Gasteiger partial charge >= 0.3 is 6.18 Å². The molecule has 2 rings (SSSR count). The molecule has 1 N–H and O–H groups in total. The third-order valence-corrected chi connectivity index (χ3v) is 3.80. The highest BCUT2D eigenvalue weighted by molar-refractivity contribution is 5.84. The summed E-state index contributed by atoms with van der Waals surface area (Å²) in [5.41, 5.74) is 1.28. The molecule has 0 heterocycles. The minimum atomic E-state index is -4.13. The summed E-state index contributed by atoms with van der Waals surface area (Å²) in [6, 6.07) is 4.95. The zero-order valence-corrected chi connectivity index (χ0v) is 11.3. The van der Waals surface area contributed by atoms with Gasteiger partial charge in [0.1, 0.15) is 5.75 Å². The van der Waals surface area contributed by atoms with E-state index in [0.29, 0.717) is 18.4 Å². The van der Waals surface area contributed by atoms with Crippen LogP contribution in [0, 0.1) is 12.8 Å². The van der Waals surface area contributed by atoms with E-state index in [9.17, 15) is 18.3 Å². The van der Waals surface area contributed by atoms with Gasteiger partial charge in [0.05, 0.1) is 12.0 Å². The van der Waals surface area contributed by atoms with Gasteiger partial charge in [-0.2, -0.15) is 13.2 Å². The number of aliphatic imine (C=N–C) groups is 1. The van der Waals surface area contributed by atoms with Crippen LogP contribution in [0.15, 0.2) is 23.2 Å². The van der Waals surface area contributed by atoms with Gasteiger partial charge in [0.25, 0.3) is 0 Å². The lowest BCUT2D eigenvalue weighted by Crippen LogP contribution is -2.30. The van der Waals surface area contributed by atoms with E-state index in [1.807, 2.05) is 0 Å².